The molecule has 148 valence electrons. The number of unbranched alkanes of at least 4 members (excludes halogenated alkanes) is 2. The van der Waals surface area contributed by atoms with Gasteiger partial charge in [0, 0.05) is 19.0 Å². The Morgan fingerprint density at radius 3 is 2.08 bits per heavy atom. The topological polar surface area (TPSA) is 20.3 Å². The van der Waals surface area contributed by atoms with Gasteiger partial charge in [-0.1, -0.05) is 89.6 Å². The molecule has 1 aromatic rings. The first-order valence-corrected chi connectivity index (χ1v) is 10.7. The van der Waals surface area contributed by atoms with Crippen LogP contribution in [-0.2, 0) is 11.3 Å². The molecule has 0 aliphatic carbocycles. The molecule has 0 heterocycles. The highest BCUT2D eigenvalue weighted by Crippen LogP contribution is 2.27. The summed E-state index contributed by atoms with van der Waals surface area (Å²) >= 11 is 12.2. The highest BCUT2D eigenvalue weighted by Gasteiger charge is 2.27. The Bertz CT molecular complexity index is 558. The molecule has 0 spiro atoms. The lowest BCUT2D eigenvalue weighted by Gasteiger charge is -2.34. The van der Waals surface area contributed by atoms with Crippen molar-refractivity contribution in [3.05, 3.63) is 33.8 Å². The number of hydrogen-bond donors (Lipinski definition) is 0. The fourth-order valence-corrected chi connectivity index (χ4v) is 3.47. The number of carbonyl (C=O) groups is 1. The number of rotatable bonds is 10. The summed E-state index contributed by atoms with van der Waals surface area (Å²) in [5, 5.41) is 1.10. The van der Waals surface area contributed by atoms with Crippen LogP contribution in [0.2, 0.25) is 10.0 Å². The Balaban J connectivity index is 3.07. The average molecular weight is 400 g/mol. The van der Waals surface area contributed by atoms with Gasteiger partial charge in [-0.3, -0.25) is 4.79 Å². The largest absolute Gasteiger partial charge is 0.335 e. The maximum Gasteiger partial charge on any atom is 0.223 e. The highest BCUT2D eigenvalue weighted by molar-refractivity contribution is 6.42. The van der Waals surface area contributed by atoms with Crippen LogP contribution in [0.5, 0.6) is 0 Å². The van der Waals surface area contributed by atoms with Crippen molar-refractivity contribution in [2.45, 2.75) is 92.2 Å². The average Bonchev–Trinajstić information content (AvgIpc) is 2.55. The zero-order valence-electron chi connectivity index (χ0n) is 17.1. The summed E-state index contributed by atoms with van der Waals surface area (Å²) in [6.45, 7) is 11.4. The molecule has 0 unspecified atom stereocenters. The van der Waals surface area contributed by atoms with Gasteiger partial charge in [-0.05, 0) is 36.0 Å². The van der Waals surface area contributed by atoms with Gasteiger partial charge in [0.1, 0.15) is 0 Å². The summed E-state index contributed by atoms with van der Waals surface area (Å²) in [4.78, 5) is 15.2. The van der Waals surface area contributed by atoms with Crippen LogP contribution in [0, 0.1) is 5.41 Å². The molecule has 0 saturated heterocycles. The number of hydrogen-bond acceptors (Lipinski definition) is 1. The lowest BCUT2D eigenvalue weighted by Crippen LogP contribution is -2.41. The molecule has 0 aliphatic heterocycles. The minimum absolute atomic E-state index is 0.0208. The van der Waals surface area contributed by atoms with E-state index in [0.29, 0.717) is 29.1 Å². The predicted molar refractivity (Wildman–Crippen MR) is 114 cm³/mol. The Hall–Kier alpha value is -0.730. The van der Waals surface area contributed by atoms with Crippen molar-refractivity contribution in [2.24, 2.45) is 5.41 Å². The van der Waals surface area contributed by atoms with Gasteiger partial charge in [-0.2, -0.15) is 0 Å². The summed E-state index contributed by atoms with van der Waals surface area (Å²) in [7, 11) is 0. The van der Waals surface area contributed by atoms with E-state index in [9.17, 15) is 4.79 Å². The highest BCUT2D eigenvalue weighted by atomic mass is 35.5. The van der Waals surface area contributed by atoms with Gasteiger partial charge in [-0.25, -0.2) is 0 Å². The lowest BCUT2D eigenvalue weighted by molar-refractivity contribution is -0.136. The van der Waals surface area contributed by atoms with E-state index >= 15 is 0 Å². The van der Waals surface area contributed by atoms with Gasteiger partial charge in [0.05, 0.1) is 10.0 Å². The summed E-state index contributed by atoms with van der Waals surface area (Å²) in [6.07, 6.45) is 7.28. The summed E-state index contributed by atoms with van der Waals surface area (Å²) in [6, 6.07) is 5.97. The number of benzene rings is 1. The zero-order chi connectivity index (χ0) is 19.7. The molecule has 0 aliphatic rings. The fraction of sp³-hybridized carbons (Fsp3) is 0.682. The first-order chi connectivity index (χ1) is 12.2. The number of nitrogens with zero attached hydrogens (tertiary/aromatic N) is 1. The smallest absolute Gasteiger partial charge is 0.223 e. The van der Waals surface area contributed by atoms with E-state index < -0.39 is 0 Å². The van der Waals surface area contributed by atoms with Crippen LogP contribution in [0.15, 0.2) is 18.2 Å². The van der Waals surface area contributed by atoms with E-state index in [-0.39, 0.29) is 11.3 Å². The number of amides is 1. The Morgan fingerprint density at radius 2 is 1.62 bits per heavy atom. The molecule has 2 nitrogen and oxygen atoms in total. The summed E-state index contributed by atoms with van der Waals surface area (Å²) in [5.74, 6) is 0.237. The number of halogens is 2. The van der Waals surface area contributed by atoms with Gasteiger partial charge in [0.25, 0.3) is 0 Å². The molecule has 0 aromatic heterocycles. The molecule has 1 aromatic carbocycles. The number of carbonyl (C=O) groups excluding carboxylic acids is 1. The predicted octanol–water partition coefficient (Wildman–Crippen LogP) is 7.51. The van der Waals surface area contributed by atoms with Crippen molar-refractivity contribution in [1.82, 2.24) is 4.90 Å². The van der Waals surface area contributed by atoms with Crippen LogP contribution in [0.1, 0.15) is 85.1 Å². The maximum atomic E-state index is 13.1. The van der Waals surface area contributed by atoms with Crippen molar-refractivity contribution in [2.75, 3.05) is 0 Å². The van der Waals surface area contributed by atoms with E-state index in [4.69, 9.17) is 23.2 Å². The van der Waals surface area contributed by atoms with Gasteiger partial charge in [-0.15, -0.1) is 0 Å². The van der Waals surface area contributed by atoms with Crippen LogP contribution in [0.3, 0.4) is 0 Å². The van der Waals surface area contributed by atoms with Crippen LogP contribution in [0.4, 0.5) is 0 Å². The zero-order valence-corrected chi connectivity index (χ0v) is 18.6. The van der Waals surface area contributed by atoms with E-state index in [2.05, 4.69) is 39.5 Å². The standard InChI is InChI=1S/C22H35Cl2NO/c1-6-8-10-18(11-9-7-2)25(21(26)15-22(3,4)5)16-17-12-13-19(23)20(24)14-17/h12-14,18H,6-11,15-16H2,1-5H3. The maximum absolute atomic E-state index is 13.1. The second-order valence-electron chi connectivity index (χ2n) is 8.45. The molecule has 0 saturated carbocycles. The van der Waals surface area contributed by atoms with E-state index in [1.54, 1.807) is 0 Å². The van der Waals surface area contributed by atoms with Gasteiger partial charge in [0.15, 0.2) is 0 Å². The SMILES string of the molecule is CCCCC(CCCC)N(Cc1ccc(Cl)c(Cl)c1)C(=O)CC(C)(C)C. The third kappa shape index (κ3) is 8.31. The van der Waals surface area contributed by atoms with Crippen LogP contribution in [-0.4, -0.2) is 16.8 Å². The molecular weight excluding hydrogens is 365 g/mol. The Labute approximate surface area is 170 Å². The van der Waals surface area contributed by atoms with E-state index in [0.717, 1.165) is 44.1 Å². The van der Waals surface area contributed by atoms with E-state index in [1.807, 2.05) is 18.2 Å². The lowest BCUT2D eigenvalue weighted by atomic mass is 9.90. The third-order valence-corrected chi connectivity index (χ3v) is 5.30. The van der Waals surface area contributed by atoms with Crippen molar-refractivity contribution in [3.8, 4) is 0 Å². The minimum atomic E-state index is -0.0208. The summed E-state index contributed by atoms with van der Waals surface area (Å²) < 4.78 is 0. The van der Waals surface area contributed by atoms with Crippen LogP contribution >= 0.6 is 23.2 Å². The Morgan fingerprint density at radius 1 is 1.04 bits per heavy atom. The molecule has 1 amide bonds. The van der Waals surface area contributed by atoms with Crippen molar-refractivity contribution >= 4 is 29.1 Å². The molecule has 1 rings (SSSR count). The minimum Gasteiger partial charge on any atom is -0.335 e. The van der Waals surface area contributed by atoms with Crippen molar-refractivity contribution in [3.63, 3.8) is 0 Å². The van der Waals surface area contributed by atoms with Crippen LogP contribution in [0.25, 0.3) is 0 Å². The van der Waals surface area contributed by atoms with Gasteiger partial charge in [0.2, 0.25) is 5.91 Å². The normalized spacial score (nSPS) is 11.8. The fourth-order valence-electron chi connectivity index (χ4n) is 3.15. The van der Waals surface area contributed by atoms with Crippen LogP contribution < -0.4 is 0 Å². The second kappa shape index (κ2) is 11.2. The molecular formula is C22H35Cl2NO. The molecule has 0 fully saturated rings. The quantitative estimate of drug-likeness (QED) is 0.398. The van der Waals surface area contributed by atoms with Gasteiger partial charge < -0.3 is 4.90 Å². The molecule has 0 N–H and O–H groups in total. The third-order valence-electron chi connectivity index (χ3n) is 4.56. The van der Waals surface area contributed by atoms with Crippen molar-refractivity contribution in [1.29, 1.82) is 0 Å². The van der Waals surface area contributed by atoms with Gasteiger partial charge >= 0.3 is 0 Å². The second-order valence-corrected chi connectivity index (χ2v) is 9.26. The first kappa shape index (κ1) is 23.3. The first-order valence-electron chi connectivity index (χ1n) is 9.91. The molecule has 0 bridgehead atoms. The monoisotopic (exact) mass is 399 g/mol. The Kier molecular flexibility index (Phi) is 10.0. The molecule has 26 heavy (non-hydrogen) atoms. The molecule has 0 radical (unpaired) electrons. The van der Waals surface area contributed by atoms with Crippen molar-refractivity contribution < 1.29 is 4.79 Å². The summed E-state index contributed by atoms with van der Waals surface area (Å²) in [5.41, 5.74) is 1.02. The van der Waals surface area contributed by atoms with E-state index in [1.165, 1.54) is 0 Å². The molecule has 4 heteroatoms. The molecule has 0 atom stereocenters.